The first kappa shape index (κ1) is 17.7. The Balaban J connectivity index is 1.58. The highest BCUT2D eigenvalue weighted by Gasteiger charge is 2.50. The van der Waals surface area contributed by atoms with Crippen LogP contribution in [0.5, 0.6) is 0 Å². The van der Waals surface area contributed by atoms with Gasteiger partial charge in [0.05, 0.1) is 30.5 Å². The maximum atomic E-state index is 12.7. The summed E-state index contributed by atoms with van der Waals surface area (Å²) >= 11 is 0. The maximum absolute atomic E-state index is 12.7. The van der Waals surface area contributed by atoms with E-state index >= 15 is 0 Å². The number of carbonyl (C=O) groups excluding carboxylic acids is 2. The Bertz CT molecular complexity index is 850. The first-order valence-electron chi connectivity index (χ1n) is 9.23. The summed E-state index contributed by atoms with van der Waals surface area (Å²) in [6, 6.07) is 7.68. The van der Waals surface area contributed by atoms with E-state index in [-0.39, 0.29) is 23.9 Å². The molecule has 1 spiro atoms. The van der Waals surface area contributed by atoms with E-state index in [0.29, 0.717) is 13.1 Å². The lowest BCUT2D eigenvalue weighted by Gasteiger charge is -2.48. The first-order chi connectivity index (χ1) is 13.0. The molecule has 2 fully saturated rings. The van der Waals surface area contributed by atoms with Crippen molar-refractivity contribution in [2.75, 3.05) is 31.1 Å². The molecule has 2 amide bonds. The molecule has 2 aliphatic rings. The van der Waals surface area contributed by atoms with Crippen molar-refractivity contribution in [1.29, 1.82) is 0 Å². The van der Waals surface area contributed by atoms with Crippen LogP contribution in [0.25, 0.3) is 0 Å². The topological polar surface area (TPSA) is 69.9 Å². The summed E-state index contributed by atoms with van der Waals surface area (Å²) in [6.45, 7) is 6.37. The standard InChI is InChI=1S/C20H24N4O3/c1-15-5-6-18(27-15)11-22-9-7-20(13-22)14-23(17-4-3-8-21-10-17)19(26)12-24(20)16(2)25/h3-6,8,10H,7,9,11-14H2,1-2H3. The van der Waals surface area contributed by atoms with E-state index in [1.54, 1.807) is 29.1 Å². The van der Waals surface area contributed by atoms with E-state index < -0.39 is 0 Å². The molecule has 0 radical (unpaired) electrons. The predicted molar refractivity (Wildman–Crippen MR) is 100 cm³/mol. The molecule has 1 atom stereocenters. The van der Waals surface area contributed by atoms with Crippen molar-refractivity contribution < 1.29 is 14.0 Å². The van der Waals surface area contributed by atoms with Crippen molar-refractivity contribution >= 4 is 17.5 Å². The number of hydrogen-bond acceptors (Lipinski definition) is 5. The lowest BCUT2D eigenvalue weighted by Crippen LogP contribution is -2.66. The van der Waals surface area contributed by atoms with E-state index in [9.17, 15) is 9.59 Å². The molecular weight excluding hydrogens is 344 g/mol. The van der Waals surface area contributed by atoms with Gasteiger partial charge in [-0.15, -0.1) is 0 Å². The largest absolute Gasteiger partial charge is 0.465 e. The summed E-state index contributed by atoms with van der Waals surface area (Å²) in [4.78, 5) is 35.0. The van der Waals surface area contributed by atoms with Crippen molar-refractivity contribution in [1.82, 2.24) is 14.8 Å². The highest BCUT2D eigenvalue weighted by atomic mass is 16.3. The predicted octanol–water partition coefficient (Wildman–Crippen LogP) is 1.82. The zero-order valence-corrected chi connectivity index (χ0v) is 15.7. The zero-order valence-electron chi connectivity index (χ0n) is 15.7. The minimum Gasteiger partial charge on any atom is -0.465 e. The van der Waals surface area contributed by atoms with E-state index in [0.717, 1.165) is 36.7 Å². The van der Waals surface area contributed by atoms with Gasteiger partial charge in [0.2, 0.25) is 11.8 Å². The second-order valence-corrected chi connectivity index (χ2v) is 7.49. The molecule has 2 aromatic heterocycles. The van der Waals surface area contributed by atoms with Crippen molar-refractivity contribution in [3.8, 4) is 0 Å². The summed E-state index contributed by atoms with van der Waals surface area (Å²) in [5, 5.41) is 0. The smallest absolute Gasteiger partial charge is 0.246 e. The Hall–Kier alpha value is -2.67. The first-order valence-corrected chi connectivity index (χ1v) is 9.23. The summed E-state index contributed by atoms with van der Waals surface area (Å²) in [5.74, 6) is 1.71. The second kappa shape index (κ2) is 6.81. The number of furan rings is 1. The molecule has 0 aromatic carbocycles. The van der Waals surface area contributed by atoms with Gasteiger partial charge in [-0.2, -0.15) is 0 Å². The molecule has 1 unspecified atom stereocenters. The van der Waals surface area contributed by atoms with E-state index in [1.807, 2.05) is 31.2 Å². The van der Waals surface area contributed by atoms with Crippen LogP contribution in [0.3, 0.4) is 0 Å². The molecule has 7 heteroatoms. The fourth-order valence-corrected chi connectivity index (χ4v) is 4.27. The third-order valence-corrected chi connectivity index (χ3v) is 5.54. The van der Waals surface area contributed by atoms with Gasteiger partial charge in [0.15, 0.2) is 0 Å². The molecule has 0 N–H and O–H groups in total. The summed E-state index contributed by atoms with van der Waals surface area (Å²) in [5.41, 5.74) is 0.405. The van der Waals surface area contributed by atoms with Gasteiger partial charge in [-0.25, -0.2) is 0 Å². The fourth-order valence-electron chi connectivity index (χ4n) is 4.27. The van der Waals surface area contributed by atoms with Gasteiger partial charge < -0.3 is 14.2 Å². The SMILES string of the molecule is CC(=O)N1CC(=O)N(c2cccnc2)CC12CCN(Cc1ccc(C)o1)C2. The van der Waals surface area contributed by atoms with E-state index in [1.165, 1.54) is 0 Å². The molecule has 7 nitrogen and oxygen atoms in total. The number of rotatable bonds is 3. The lowest BCUT2D eigenvalue weighted by molar-refractivity contribution is -0.142. The third-order valence-electron chi connectivity index (χ3n) is 5.54. The van der Waals surface area contributed by atoms with Gasteiger partial charge in [-0.1, -0.05) is 0 Å². The number of carbonyl (C=O) groups is 2. The average molecular weight is 368 g/mol. The maximum Gasteiger partial charge on any atom is 0.246 e. The fraction of sp³-hybridized carbons (Fsp3) is 0.450. The quantitative estimate of drug-likeness (QED) is 0.827. The van der Waals surface area contributed by atoms with Gasteiger partial charge >= 0.3 is 0 Å². The van der Waals surface area contributed by atoms with E-state index in [2.05, 4.69) is 9.88 Å². The highest BCUT2D eigenvalue weighted by molar-refractivity contribution is 5.98. The van der Waals surface area contributed by atoms with Crippen LogP contribution in [0.4, 0.5) is 5.69 Å². The van der Waals surface area contributed by atoms with Gasteiger partial charge in [-0.3, -0.25) is 19.5 Å². The van der Waals surface area contributed by atoms with Crippen LogP contribution in [0.2, 0.25) is 0 Å². The molecule has 27 heavy (non-hydrogen) atoms. The van der Waals surface area contributed by atoms with Crippen molar-refractivity contribution in [2.24, 2.45) is 0 Å². The minimum atomic E-state index is -0.378. The third kappa shape index (κ3) is 3.35. The minimum absolute atomic E-state index is 0.0510. The number of hydrogen-bond donors (Lipinski definition) is 0. The van der Waals surface area contributed by atoms with Gasteiger partial charge in [-0.05, 0) is 37.6 Å². The number of aryl methyl sites for hydroxylation is 1. The number of amides is 2. The molecule has 0 aliphatic carbocycles. The second-order valence-electron chi connectivity index (χ2n) is 7.49. The molecule has 0 saturated carbocycles. The molecule has 142 valence electrons. The van der Waals surface area contributed by atoms with Crippen molar-refractivity contribution in [2.45, 2.75) is 32.4 Å². The normalized spacial score (nSPS) is 23.4. The zero-order chi connectivity index (χ0) is 19.0. The van der Waals surface area contributed by atoms with Crippen LogP contribution in [-0.2, 0) is 16.1 Å². The Morgan fingerprint density at radius 2 is 2.15 bits per heavy atom. The average Bonchev–Trinajstić information content (AvgIpc) is 3.24. The summed E-state index contributed by atoms with van der Waals surface area (Å²) in [7, 11) is 0. The number of anilines is 1. The van der Waals surface area contributed by atoms with Crippen molar-refractivity contribution in [3.05, 3.63) is 48.2 Å². The highest BCUT2D eigenvalue weighted by Crippen LogP contribution is 2.35. The monoisotopic (exact) mass is 368 g/mol. The van der Waals surface area contributed by atoms with Crippen LogP contribution in [-0.4, -0.2) is 58.3 Å². The van der Waals surface area contributed by atoms with Crippen LogP contribution in [0.1, 0.15) is 24.9 Å². The van der Waals surface area contributed by atoms with E-state index in [4.69, 9.17) is 4.42 Å². The Morgan fingerprint density at radius 1 is 1.30 bits per heavy atom. The molecule has 2 aromatic rings. The molecule has 2 aliphatic heterocycles. The van der Waals surface area contributed by atoms with Crippen LogP contribution < -0.4 is 4.90 Å². The Labute approximate surface area is 158 Å². The summed E-state index contributed by atoms with van der Waals surface area (Å²) < 4.78 is 5.71. The number of aromatic nitrogens is 1. The number of likely N-dealkylation sites (tertiary alicyclic amines) is 1. The van der Waals surface area contributed by atoms with Crippen LogP contribution in [0, 0.1) is 6.92 Å². The Morgan fingerprint density at radius 3 is 2.81 bits per heavy atom. The number of nitrogens with zero attached hydrogens (tertiary/aromatic N) is 4. The Kier molecular flexibility index (Phi) is 4.47. The molecule has 4 rings (SSSR count). The van der Waals surface area contributed by atoms with Crippen molar-refractivity contribution in [3.63, 3.8) is 0 Å². The van der Waals surface area contributed by atoms with Crippen LogP contribution in [0.15, 0.2) is 41.1 Å². The van der Waals surface area contributed by atoms with Crippen LogP contribution >= 0.6 is 0 Å². The molecular formula is C20H24N4O3. The van der Waals surface area contributed by atoms with Gasteiger partial charge in [0.1, 0.15) is 18.1 Å². The number of piperazine rings is 1. The molecule has 2 saturated heterocycles. The number of pyridine rings is 1. The van der Waals surface area contributed by atoms with Gasteiger partial charge in [0, 0.05) is 26.2 Å². The lowest BCUT2D eigenvalue weighted by atomic mass is 9.92. The van der Waals surface area contributed by atoms with Gasteiger partial charge in [0.25, 0.3) is 0 Å². The molecule has 4 heterocycles. The summed E-state index contributed by atoms with van der Waals surface area (Å²) in [6.07, 6.45) is 4.22. The molecule has 0 bridgehead atoms.